The Hall–Kier alpha value is -1.71. The SMILES string of the molecule is COC(=O)c1ncsc1S(=O)(=O)NCc1cccn1C. The molecule has 0 saturated heterocycles. The van der Waals surface area contributed by atoms with E-state index in [1.54, 1.807) is 10.6 Å². The molecule has 0 radical (unpaired) electrons. The van der Waals surface area contributed by atoms with Crippen LogP contribution in [-0.2, 0) is 28.4 Å². The molecule has 0 saturated carbocycles. The molecule has 0 atom stereocenters. The minimum atomic E-state index is -3.80. The number of rotatable bonds is 5. The van der Waals surface area contributed by atoms with Gasteiger partial charge in [-0.15, -0.1) is 11.3 Å². The van der Waals surface area contributed by atoms with Crippen LogP contribution in [0.1, 0.15) is 16.2 Å². The predicted molar refractivity (Wildman–Crippen MR) is 72.9 cm³/mol. The summed E-state index contributed by atoms with van der Waals surface area (Å²) in [5.41, 5.74) is 1.90. The zero-order valence-electron chi connectivity index (χ0n) is 10.9. The number of thiazole rings is 1. The second-order valence-electron chi connectivity index (χ2n) is 3.91. The van der Waals surface area contributed by atoms with Gasteiger partial charge in [-0.25, -0.2) is 22.9 Å². The van der Waals surface area contributed by atoms with E-state index in [-0.39, 0.29) is 16.4 Å². The summed E-state index contributed by atoms with van der Waals surface area (Å²) in [6, 6.07) is 3.62. The highest BCUT2D eigenvalue weighted by atomic mass is 32.2. The van der Waals surface area contributed by atoms with Gasteiger partial charge in [0.15, 0.2) is 9.90 Å². The maximum Gasteiger partial charge on any atom is 0.358 e. The van der Waals surface area contributed by atoms with Gasteiger partial charge in [0.05, 0.1) is 19.2 Å². The predicted octanol–water partition coefficient (Wildman–Crippen LogP) is 0.747. The molecule has 0 aliphatic rings. The van der Waals surface area contributed by atoms with E-state index >= 15 is 0 Å². The van der Waals surface area contributed by atoms with Crippen molar-refractivity contribution in [2.24, 2.45) is 7.05 Å². The van der Waals surface area contributed by atoms with Crippen LogP contribution < -0.4 is 4.72 Å². The molecule has 0 spiro atoms. The number of hydrogen-bond acceptors (Lipinski definition) is 6. The lowest BCUT2D eigenvalue weighted by atomic mass is 10.4. The van der Waals surface area contributed by atoms with Gasteiger partial charge in [0, 0.05) is 18.9 Å². The summed E-state index contributed by atoms with van der Waals surface area (Å²) >= 11 is 0.872. The first-order valence-electron chi connectivity index (χ1n) is 5.57. The van der Waals surface area contributed by atoms with E-state index in [1.165, 1.54) is 12.6 Å². The van der Waals surface area contributed by atoms with E-state index in [0.29, 0.717) is 0 Å². The lowest BCUT2D eigenvalue weighted by molar-refractivity contribution is 0.0590. The van der Waals surface area contributed by atoms with E-state index in [0.717, 1.165) is 17.0 Å². The van der Waals surface area contributed by atoms with Gasteiger partial charge in [0.2, 0.25) is 0 Å². The fraction of sp³-hybridized carbons (Fsp3) is 0.273. The van der Waals surface area contributed by atoms with Crippen LogP contribution in [0.25, 0.3) is 0 Å². The van der Waals surface area contributed by atoms with E-state index < -0.39 is 16.0 Å². The Balaban J connectivity index is 2.21. The first-order chi connectivity index (χ1) is 9.45. The van der Waals surface area contributed by atoms with Crippen LogP contribution in [0.4, 0.5) is 0 Å². The average molecular weight is 315 g/mol. The summed E-state index contributed by atoms with van der Waals surface area (Å²) in [4.78, 5) is 15.2. The van der Waals surface area contributed by atoms with Crippen LogP contribution in [0.3, 0.4) is 0 Å². The number of nitrogens with one attached hydrogen (secondary N) is 1. The summed E-state index contributed by atoms with van der Waals surface area (Å²) in [5.74, 6) is -0.773. The molecule has 0 bridgehead atoms. The van der Waals surface area contributed by atoms with Crippen LogP contribution in [-0.4, -0.2) is 31.0 Å². The van der Waals surface area contributed by atoms with Crippen LogP contribution in [0.2, 0.25) is 0 Å². The van der Waals surface area contributed by atoms with Crippen LogP contribution in [0.5, 0.6) is 0 Å². The fourth-order valence-electron chi connectivity index (χ4n) is 1.57. The summed E-state index contributed by atoms with van der Waals surface area (Å²) in [5, 5.41) is 0. The fourth-order valence-corrected chi connectivity index (χ4v) is 3.75. The molecule has 0 fully saturated rings. The summed E-state index contributed by atoms with van der Waals surface area (Å²) in [6.07, 6.45) is 1.82. The quantitative estimate of drug-likeness (QED) is 0.822. The number of ether oxygens (including phenoxy) is 1. The normalized spacial score (nSPS) is 11.5. The highest BCUT2D eigenvalue weighted by Crippen LogP contribution is 2.20. The maximum absolute atomic E-state index is 12.2. The molecule has 9 heteroatoms. The molecule has 2 aromatic rings. The highest BCUT2D eigenvalue weighted by Gasteiger charge is 2.26. The average Bonchev–Trinajstić information content (AvgIpc) is 3.04. The lowest BCUT2D eigenvalue weighted by Crippen LogP contribution is -2.25. The molecule has 2 rings (SSSR count). The van der Waals surface area contributed by atoms with Gasteiger partial charge in [-0.2, -0.15) is 0 Å². The number of aromatic nitrogens is 2. The minimum Gasteiger partial charge on any atom is -0.464 e. The van der Waals surface area contributed by atoms with Crippen LogP contribution in [0, 0.1) is 0 Å². The molecule has 108 valence electrons. The molecule has 0 unspecified atom stereocenters. The number of methoxy groups -OCH3 is 1. The van der Waals surface area contributed by atoms with Crippen molar-refractivity contribution in [2.75, 3.05) is 7.11 Å². The summed E-state index contributed by atoms with van der Waals surface area (Å²) in [7, 11) is -0.812. The molecule has 2 aromatic heterocycles. The first-order valence-corrected chi connectivity index (χ1v) is 7.93. The Morgan fingerprint density at radius 1 is 1.55 bits per heavy atom. The third-order valence-corrected chi connectivity index (χ3v) is 5.42. The topological polar surface area (TPSA) is 90.3 Å². The second-order valence-corrected chi connectivity index (χ2v) is 6.73. The Morgan fingerprint density at radius 2 is 2.30 bits per heavy atom. The zero-order chi connectivity index (χ0) is 14.8. The number of nitrogens with zero attached hydrogens (tertiary/aromatic N) is 2. The van der Waals surface area contributed by atoms with Crippen molar-refractivity contribution in [2.45, 2.75) is 10.8 Å². The molecule has 2 heterocycles. The van der Waals surface area contributed by atoms with Crippen LogP contribution >= 0.6 is 11.3 Å². The smallest absolute Gasteiger partial charge is 0.358 e. The van der Waals surface area contributed by atoms with E-state index in [4.69, 9.17) is 0 Å². The Labute approximate surface area is 120 Å². The largest absolute Gasteiger partial charge is 0.464 e. The minimum absolute atomic E-state index is 0.129. The number of carbonyl (C=O) groups is 1. The molecule has 0 amide bonds. The van der Waals surface area contributed by atoms with Crippen molar-refractivity contribution in [3.05, 3.63) is 35.2 Å². The Kier molecular flexibility index (Phi) is 4.21. The third-order valence-electron chi connectivity index (χ3n) is 2.65. The Bertz CT molecular complexity index is 718. The standard InChI is InChI=1S/C11H13N3O4S2/c1-14-5-3-4-8(14)6-13-20(16,17)11-9(10(15)18-2)12-7-19-11/h3-5,7,13H,6H2,1-2H3. The van der Waals surface area contributed by atoms with Crippen molar-refractivity contribution >= 4 is 27.3 Å². The maximum atomic E-state index is 12.2. The van der Waals surface area contributed by atoms with E-state index in [1.807, 2.05) is 19.3 Å². The highest BCUT2D eigenvalue weighted by molar-refractivity contribution is 7.91. The Morgan fingerprint density at radius 3 is 2.90 bits per heavy atom. The molecular weight excluding hydrogens is 302 g/mol. The lowest BCUT2D eigenvalue weighted by Gasteiger charge is -2.07. The number of carbonyl (C=O) groups excluding carboxylic acids is 1. The zero-order valence-corrected chi connectivity index (χ0v) is 12.5. The summed E-state index contributed by atoms with van der Waals surface area (Å²) < 4.78 is 33.0. The third kappa shape index (κ3) is 2.89. The van der Waals surface area contributed by atoms with E-state index in [9.17, 15) is 13.2 Å². The van der Waals surface area contributed by atoms with Gasteiger partial charge in [-0.1, -0.05) is 0 Å². The van der Waals surface area contributed by atoms with Crippen molar-refractivity contribution in [1.29, 1.82) is 0 Å². The summed E-state index contributed by atoms with van der Waals surface area (Å²) in [6.45, 7) is 0.129. The number of esters is 1. The number of hydrogen-bond donors (Lipinski definition) is 1. The molecule has 20 heavy (non-hydrogen) atoms. The van der Waals surface area contributed by atoms with Gasteiger partial charge >= 0.3 is 5.97 Å². The van der Waals surface area contributed by atoms with E-state index in [2.05, 4.69) is 14.4 Å². The van der Waals surface area contributed by atoms with Crippen molar-refractivity contribution < 1.29 is 17.9 Å². The van der Waals surface area contributed by atoms with Gasteiger partial charge < -0.3 is 9.30 Å². The van der Waals surface area contributed by atoms with Crippen molar-refractivity contribution in [1.82, 2.24) is 14.3 Å². The van der Waals surface area contributed by atoms with Crippen molar-refractivity contribution in [3.8, 4) is 0 Å². The first kappa shape index (κ1) is 14.7. The van der Waals surface area contributed by atoms with Gasteiger partial charge in [-0.05, 0) is 12.1 Å². The van der Waals surface area contributed by atoms with Gasteiger partial charge in [-0.3, -0.25) is 0 Å². The second kappa shape index (κ2) is 5.73. The monoisotopic (exact) mass is 315 g/mol. The number of sulfonamides is 1. The molecule has 7 nitrogen and oxygen atoms in total. The molecular formula is C11H13N3O4S2. The van der Waals surface area contributed by atoms with Gasteiger partial charge in [0.25, 0.3) is 10.0 Å². The van der Waals surface area contributed by atoms with Gasteiger partial charge in [0.1, 0.15) is 0 Å². The molecule has 0 aliphatic carbocycles. The molecule has 0 aromatic carbocycles. The number of aryl methyl sites for hydroxylation is 1. The molecule has 0 aliphatic heterocycles. The van der Waals surface area contributed by atoms with Crippen LogP contribution in [0.15, 0.2) is 28.0 Å². The molecule has 1 N–H and O–H groups in total. The van der Waals surface area contributed by atoms with Crippen molar-refractivity contribution in [3.63, 3.8) is 0 Å².